The Hall–Kier alpha value is -2.68. The van der Waals surface area contributed by atoms with Crippen LogP contribution in [0.4, 0.5) is 5.82 Å². The summed E-state index contributed by atoms with van der Waals surface area (Å²) in [6.07, 6.45) is 8.88. The van der Waals surface area contributed by atoms with Crippen molar-refractivity contribution in [2.45, 2.75) is 13.3 Å². The minimum absolute atomic E-state index is 0.747. The fourth-order valence-electron chi connectivity index (χ4n) is 2.41. The third kappa shape index (κ3) is 3.31. The standard InChI is InChI=1S/C19H19N3/c1-2-16-9-6-12-21-19(16)20-11-5-7-15-13-17-8-3-4-10-18(17)22-14-15/h3-10,12-14H,2,11H2,1H3,(H,20,21)/b7-5-. The van der Waals surface area contributed by atoms with Crippen LogP contribution in [-0.4, -0.2) is 16.5 Å². The topological polar surface area (TPSA) is 37.8 Å². The summed E-state index contributed by atoms with van der Waals surface area (Å²) < 4.78 is 0. The summed E-state index contributed by atoms with van der Waals surface area (Å²) >= 11 is 0. The van der Waals surface area contributed by atoms with Gasteiger partial charge in [0.25, 0.3) is 0 Å². The van der Waals surface area contributed by atoms with E-state index < -0.39 is 0 Å². The Morgan fingerprint density at radius 2 is 2.00 bits per heavy atom. The fourth-order valence-corrected chi connectivity index (χ4v) is 2.41. The van der Waals surface area contributed by atoms with Gasteiger partial charge in [0.15, 0.2) is 0 Å². The van der Waals surface area contributed by atoms with Gasteiger partial charge in [-0.3, -0.25) is 4.98 Å². The molecule has 1 aromatic carbocycles. The van der Waals surface area contributed by atoms with Crippen LogP contribution in [0, 0.1) is 0 Å². The molecule has 0 aliphatic rings. The second kappa shape index (κ2) is 6.85. The zero-order valence-electron chi connectivity index (χ0n) is 12.7. The number of para-hydroxylation sites is 1. The zero-order valence-corrected chi connectivity index (χ0v) is 12.7. The van der Waals surface area contributed by atoms with Crippen molar-refractivity contribution in [3.8, 4) is 0 Å². The van der Waals surface area contributed by atoms with Crippen LogP contribution < -0.4 is 5.32 Å². The summed E-state index contributed by atoms with van der Waals surface area (Å²) in [6, 6.07) is 14.4. The van der Waals surface area contributed by atoms with Gasteiger partial charge in [-0.05, 0) is 35.7 Å². The van der Waals surface area contributed by atoms with Crippen LogP contribution in [-0.2, 0) is 6.42 Å². The molecular formula is C19H19N3. The Labute approximate surface area is 130 Å². The highest BCUT2D eigenvalue weighted by atomic mass is 15.0. The van der Waals surface area contributed by atoms with E-state index in [0.29, 0.717) is 0 Å². The maximum Gasteiger partial charge on any atom is 0.129 e. The van der Waals surface area contributed by atoms with E-state index in [1.165, 1.54) is 5.56 Å². The summed E-state index contributed by atoms with van der Waals surface area (Å²) in [5, 5.41) is 4.52. The monoisotopic (exact) mass is 289 g/mol. The molecule has 0 amide bonds. The van der Waals surface area contributed by atoms with Crippen LogP contribution in [0.25, 0.3) is 17.0 Å². The summed E-state index contributed by atoms with van der Waals surface area (Å²) in [5.41, 5.74) is 3.37. The molecule has 0 spiro atoms. The second-order valence-corrected chi connectivity index (χ2v) is 5.11. The van der Waals surface area contributed by atoms with E-state index in [-0.39, 0.29) is 0 Å². The Morgan fingerprint density at radius 1 is 1.09 bits per heavy atom. The number of anilines is 1. The molecule has 0 saturated heterocycles. The van der Waals surface area contributed by atoms with E-state index in [4.69, 9.17) is 0 Å². The van der Waals surface area contributed by atoms with Gasteiger partial charge in [-0.15, -0.1) is 0 Å². The predicted molar refractivity (Wildman–Crippen MR) is 92.9 cm³/mol. The van der Waals surface area contributed by atoms with Crippen LogP contribution in [0.15, 0.2) is 60.9 Å². The Morgan fingerprint density at radius 3 is 2.91 bits per heavy atom. The van der Waals surface area contributed by atoms with E-state index in [1.54, 1.807) is 0 Å². The summed E-state index contributed by atoms with van der Waals surface area (Å²) in [7, 11) is 0. The van der Waals surface area contributed by atoms with Crippen LogP contribution in [0.1, 0.15) is 18.1 Å². The van der Waals surface area contributed by atoms with Gasteiger partial charge in [0.2, 0.25) is 0 Å². The minimum Gasteiger partial charge on any atom is -0.366 e. The van der Waals surface area contributed by atoms with Gasteiger partial charge < -0.3 is 5.32 Å². The lowest BCUT2D eigenvalue weighted by atomic mass is 10.1. The first-order valence-electron chi connectivity index (χ1n) is 7.56. The third-order valence-electron chi connectivity index (χ3n) is 3.58. The molecule has 0 bridgehead atoms. The smallest absolute Gasteiger partial charge is 0.129 e. The van der Waals surface area contributed by atoms with Crippen LogP contribution >= 0.6 is 0 Å². The molecule has 0 radical (unpaired) electrons. The summed E-state index contributed by atoms with van der Waals surface area (Å²) in [6.45, 7) is 2.88. The highest BCUT2D eigenvalue weighted by Crippen LogP contribution is 2.14. The molecule has 1 N–H and O–H groups in total. The molecule has 0 aliphatic heterocycles. The normalized spacial score (nSPS) is 11.1. The maximum atomic E-state index is 4.46. The van der Waals surface area contributed by atoms with Crippen molar-refractivity contribution in [3.63, 3.8) is 0 Å². The van der Waals surface area contributed by atoms with E-state index in [2.05, 4.69) is 52.6 Å². The number of nitrogens with one attached hydrogen (secondary N) is 1. The quantitative estimate of drug-likeness (QED) is 0.760. The van der Waals surface area contributed by atoms with Crippen molar-refractivity contribution in [2.75, 3.05) is 11.9 Å². The SMILES string of the molecule is CCc1cccnc1NC/C=C\c1cnc2ccccc2c1. The second-order valence-electron chi connectivity index (χ2n) is 5.11. The van der Waals surface area contributed by atoms with Crippen molar-refractivity contribution in [2.24, 2.45) is 0 Å². The van der Waals surface area contributed by atoms with E-state index >= 15 is 0 Å². The third-order valence-corrected chi connectivity index (χ3v) is 3.58. The lowest BCUT2D eigenvalue weighted by Crippen LogP contribution is -2.03. The van der Waals surface area contributed by atoms with Gasteiger partial charge in [-0.25, -0.2) is 4.98 Å². The Kier molecular flexibility index (Phi) is 4.44. The average molecular weight is 289 g/mol. The van der Waals surface area contributed by atoms with Gasteiger partial charge in [-0.1, -0.05) is 43.3 Å². The van der Waals surface area contributed by atoms with E-state index in [0.717, 1.165) is 35.2 Å². The molecule has 0 fully saturated rings. The molecule has 3 nitrogen and oxygen atoms in total. The largest absolute Gasteiger partial charge is 0.366 e. The molecule has 2 aromatic heterocycles. The average Bonchev–Trinajstić information content (AvgIpc) is 2.59. The first-order chi connectivity index (χ1) is 10.9. The molecule has 3 heteroatoms. The summed E-state index contributed by atoms with van der Waals surface area (Å²) in [4.78, 5) is 8.84. The van der Waals surface area contributed by atoms with Crippen LogP contribution in [0.5, 0.6) is 0 Å². The van der Waals surface area contributed by atoms with Crippen molar-refractivity contribution in [3.05, 3.63) is 72.1 Å². The first kappa shape index (κ1) is 14.3. The number of hydrogen-bond donors (Lipinski definition) is 1. The van der Waals surface area contributed by atoms with Crippen molar-refractivity contribution in [1.82, 2.24) is 9.97 Å². The van der Waals surface area contributed by atoms with Crippen molar-refractivity contribution in [1.29, 1.82) is 0 Å². The highest BCUT2D eigenvalue weighted by Gasteiger charge is 1.98. The summed E-state index contributed by atoms with van der Waals surface area (Å²) in [5.74, 6) is 0.964. The molecular weight excluding hydrogens is 270 g/mol. The van der Waals surface area contributed by atoms with Crippen molar-refractivity contribution < 1.29 is 0 Å². The predicted octanol–water partition coefficient (Wildman–Crippen LogP) is 4.32. The number of rotatable bonds is 5. The lowest BCUT2D eigenvalue weighted by Gasteiger charge is -2.07. The fraction of sp³-hybridized carbons (Fsp3) is 0.158. The number of aromatic nitrogens is 2. The molecule has 110 valence electrons. The molecule has 0 atom stereocenters. The van der Waals surface area contributed by atoms with Crippen molar-refractivity contribution >= 4 is 22.8 Å². The zero-order chi connectivity index (χ0) is 15.2. The Balaban J connectivity index is 1.66. The molecule has 22 heavy (non-hydrogen) atoms. The minimum atomic E-state index is 0.747. The molecule has 0 saturated carbocycles. The molecule has 3 rings (SSSR count). The number of pyridine rings is 2. The first-order valence-corrected chi connectivity index (χ1v) is 7.56. The lowest BCUT2D eigenvalue weighted by molar-refractivity contribution is 1.09. The number of fused-ring (bicyclic) bond motifs is 1. The van der Waals surface area contributed by atoms with Gasteiger partial charge >= 0.3 is 0 Å². The molecule has 2 heterocycles. The number of benzene rings is 1. The van der Waals surface area contributed by atoms with Gasteiger partial charge in [-0.2, -0.15) is 0 Å². The molecule has 0 aliphatic carbocycles. The number of aryl methyl sites for hydroxylation is 1. The molecule has 0 unspecified atom stereocenters. The van der Waals surface area contributed by atoms with Gasteiger partial charge in [0.1, 0.15) is 5.82 Å². The maximum absolute atomic E-state index is 4.46. The number of hydrogen-bond acceptors (Lipinski definition) is 3. The molecule has 3 aromatic rings. The highest BCUT2D eigenvalue weighted by molar-refractivity contribution is 5.80. The van der Waals surface area contributed by atoms with E-state index in [1.807, 2.05) is 36.7 Å². The van der Waals surface area contributed by atoms with Gasteiger partial charge in [0, 0.05) is 24.3 Å². The van der Waals surface area contributed by atoms with Crippen LogP contribution in [0.3, 0.4) is 0 Å². The van der Waals surface area contributed by atoms with Crippen LogP contribution in [0.2, 0.25) is 0 Å². The number of nitrogens with zero attached hydrogens (tertiary/aromatic N) is 2. The van der Waals surface area contributed by atoms with E-state index in [9.17, 15) is 0 Å². The van der Waals surface area contributed by atoms with Gasteiger partial charge in [0.05, 0.1) is 5.52 Å². The Bertz CT molecular complexity index is 793.